The lowest BCUT2D eigenvalue weighted by atomic mass is 9.89. The van der Waals surface area contributed by atoms with Crippen molar-refractivity contribution in [3.05, 3.63) is 107 Å². The van der Waals surface area contributed by atoms with Gasteiger partial charge in [-0.3, -0.25) is 9.59 Å². The molecule has 5 rings (SSSR count). The van der Waals surface area contributed by atoms with Crippen LogP contribution in [-0.2, 0) is 6.54 Å². The smallest absolute Gasteiger partial charge is 0.270 e. The number of hydrogen-bond donors (Lipinski definition) is 2. The van der Waals surface area contributed by atoms with Gasteiger partial charge in [0.15, 0.2) is 5.78 Å². The minimum atomic E-state index is -0.0118. The van der Waals surface area contributed by atoms with Crippen molar-refractivity contribution in [1.29, 1.82) is 0 Å². The standard InChI is InChI=1S/C33H33N3O2/c1-3-23-15-17-25(18-16-23)32(37)27-11-7-9-24(19-27)22-34-28-12-8-13-29(21-28)36(4-2)33(38)31-20-26-10-5-6-14-30(26)35-31/h1,5-7,9-11,14-20,28-29,34-35H,4,8,12-13,21-22H2,2H3/t28-,29+/m1/s1. The molecule has 0 spiro atoms. The summed E-state index contributed by atoms with van der Waals surface area (Å²) in [5.41, 5.74) is 4.76. The number of H-pyrrole nitrogens is 1. The maximum absolute atomic E-state index is 13.4. The van der Waals surface area contributed by atoms with Crippen LogP contribution in [-0.4, -0.2) is 40.2 Å². The number of amides is 1. The number of fused-ring (bicyclic) bond motifs is 1. The second-order valence-electron chi connectivity index (χ2n) is 10.0. The maximum atomic E-state index is 13.4. The number of terminal acetylenes is 1. The van der Waals surface area contributed by atoms with Crippen molar-refractivity contribution in [1.82, 2.24) is 15.2 Å². The highest BCUT2D eigenvalue weighted by Crippen LogP contribution is 2.26. The lowest BCUT2D eigenvalue weighted by molar-refractivity contribution is 0.0623. The van der Waals surface area contributed by atoms with Crippen LogP contribution in [0.3, 0.4) is 0 Å². The first kappa shape index (κ1) is 25.5. The third-order valence-electron chi connectivity index (χ3n) is 7.55. The van der Waals surface area contributed by atoms with E-state index in [0.717, 1.165) is 47.7 Å². The third kappa shape index (κ3) is 5.56. The monoisotopic (exact) mass is 503 g/mol. The zero-order valence-electron chi connectivity index (χ0n) is 21.7. The summed E-state index contributed by atoms with van der Waals surface area (Å²) in [5, 5.41) is 4.74. The number of nitrogens with one attached hydrogen (secondary N) is 2. The second kappa shape index (κ2) is 11.5. The predicted molar refractivity (Wildman–Crippen MR) is 152 cm³/mol. The van der Waals surface area contributed by atoms with Crippen molar-refractivity contribution in [2.75, 3.05) is 6.54 Å². The van der Waals surface area contributed by atoms with Gasteiger partial charge in [-0.05, 0) is 80.6 Å². The molecule has 4 aromatic rings. The lowest BCUT2D eigenvalue weighted by Gasteiger charge is -2.37. The van der Waals surface area contributed by atoms with E-state index in [1.165, 1.54) is 0 Å². The number of carbonyl (C=O) groups is 2. The average molecular weight is 504 g/mol. The SMILES string of the molecule is C#Cc1ccc(C(=O)c2cccc(CN[C@@H]3CCC[C@H](N(CC)C(=O)c4cc5ccccc5[nH]4)C3)c2)cc1. The second-order valence-corrected chi connectivity index (χ2v) is 10.0. The first-order valence-corrected chi connectivity index (χ1v) is 13.4. The van der Waals surface area contributed by atoms with Crippen molar-refractivity contribution in [3.8, 4) is 12.3 Å². The average Bonchev–Trinajstić information content (AvgIpc) is 3.41. The van der Waals surface area contributed by atoms with Gasteiger partial charge >= 0.3 is 0 Å². The van der Waals surface area contributed by atoms with Crippen LogP contribution in [0, 0.1) is 12.3 Å². The van der Waals surface area contributed by atoms with E-state index >= 15 is 0 Å². The predicted octanol–water partition coefficient (Wildman–Crippen LogP) is 5.94. The Labute approximate surface area is 224 Å². The fourth-order valence-electron chi connectivity index (χ4n) is 5.51. The van der Waals surface area contributed by atoms with Crippen molar-refractivity contribution >= 4 is 22.6 Å². The molecule has 1 heterocycles. The summed E-state index contributed by atoms with van der Waals surface area (Å²) >= 11 is 0. The number of aromatic nitrogens is 1. The molecule has 0 radical (unpaired) electrons. The molecule has 0 aliphatic heterocycles. The summed E-state index contributed by atoms with van der Waals surface area (Å²) in [4.78, 5) is 31.7. The zero-order chi connectivity index (χ0) is 26.5. The van der Waals surface area contributed by atoms with Crippen LogP contribution >= 0.6 is 0 Å². The number of hydrogen-bond acceptors (Lipinski definition) is 3. The summed E-state index contributed by atoms with van der Waals surface area (Å²) in [7, 11) is 0. The van der Waals surface area contributed by atoms with Gasteiger partial charge in [-0.2, -0.15) is 0 Å². The van der Waals surface area contributed by atoms with E-state index in [-0.39, 0.29) is 17.7 Å². The lowest BCUT2D eigenvalue weighted by Crippen LogP contribution is -2.46. The number of ketones is 1. The fraction of sp³-hybridized carbons (Fsp3) is 0.273. The summed E-state index contributed by atoms with van der Waals surface area (Å²) in [5.74, 6) is 2.63. The van der Waals surface area contributed by atoms with E-state index in [4.69, 9.17) is 6.42 Å². The van der Waals surface area contributed by atoms with Crippen molar-refractivity contribution in [2.24, 2.45) is 0 Å². The Kier molecular flexibility index (Phi) is 7.72. The number of benzene rings is 3. The Hall–Kier alpha value is -4.14. The topological polar surface area (TPSA) is 65.2 Å². The van der Waals surface area contributed by atoms with E-state index < -0.39 is 0 Å². The summed E-state index contributed by atoms with van der Waals surface area (Å²) in [6.07, 6.45) is 9.51. The summed E-state index contributed by atoms with van der Waals surface area (Å²) in [6.45, 7) is 3.41. The van der Waals surface area contributed by atoms with Crippen molar-refractivity contribution in [3.63, 3.8) is 0 Å². The number of para-hydroxylation sites is 1. The molecule has 38 heavy (non-hydrogen) atoms. The van der Waals surface area contributed by atoms with Gasteiger partial charge in [-0.1, -0.05) is 42.3 Å². The molecule has 3 aromatic carbocycles. The molecule has 5 nitrogen and oxygen atoms in total. The van der Waals surface area contributed by atoms with Crippen LogP contribution in [0.5, 0.6) is 0 Å². The normalized spacial score (nSPS) is 17.2. The highest BCUT2D eigenvalue weighted by atomic mass is 16.2. The number of nitrogens with zero attached hydrogens (tertiary/aromatic N) is 1. The first-order valence-electron chi connectivity index (χ1n) is 13.4. The summed E-state index contributed by atoms with van der Waals surface area (Å²) < 4.78 is 0. The van der Waals surface area contributed by atoms with Gasteiger partial charge < -0.3 is 15.2 Å². The Balaban J connectivity index is 1.21. The van der Waals surface area contributed by atoms with Gasteiger partial charge in [0.05, 0.1) is 0 Å². The van der Waals surface area contributed by atoms with Crippen molar-refractivity contribution in [2.45, 2.75) is 51.2 Å². The largest absolute Gasteiger partial charge is 0.351 e. The molecule has 1 fully saturated rings. The molecule has 0 bridgehead atoms. The van der Waals surface area contributed by atoms with Gasteiger partial charge in [-0.15, -0.1) is 6.42 Å². The van der Waals surface area contributed by atoms with Gasteiger partial charge in [0.1, 0.15) is 5.69 Å². The van der Waals surface area contributed by atoms with Gasteiger partial charge in [0, 0.05) is 52.8 Å². The number of carbonyl (C=O) groups excluding carboxylic acids is 2. The zero-order valence-corrected chi connectivity index (χ0v) is 21.7. The number of rotatable bonds is 8. The highest BCUT2D eigenvalue weighted by molar-refractivity contribution is 6.09. The molecule has 1 aliphatic carbocycles. The molecular weight excluding hydrogens is 470 g/mol. The minimum Gasteiger partial charge on any atom is -0.351 e. The molecule has 1 amide bonds. The molecule has 192 valence electrons. The van der Waals surface area contributed by atoms with Gasteiger partial charge in [-0.25, -0.2) is 0 Å². The molecule has 5 heteroatoms. The van der Waals surface area contributed by atoms with E-state index in [0.29, 0.717) is 36.0 Å². The quantitative estimate of drug-likeness (QED) is 0.231. The Bertz CT molecular complexity index is 1450. The third-order valence-corrected chi connectivity index (χ3v) is 7.55. The molecule has 1 aromatic heterocycles. The van der Waals surface area contributed by atoms with Crippen LogP contribution in [0.15, 0.2) is 78.9 Å². The Morgan fingerprint density at radius 3 is 2.58 bits per heavy atom. The van der Waals surface area contributed by atoms with Crippen molar-refractivity contribution < 1.29 is 9.59 Å². The summed E-state index contributed by atoms with van der Waals surface area (Å²) in [6, 6.07) is 25.4. The van der Waals surface area contributed by atoms with E-state index in [1.807, 2.05) is 59.5 Å². The molecule has 0 saturated heterocycles. The molecule has 0 unspecified atom stereocenters. The van der Waals surface area contributed by atoms with Gasteiger partial charge in [0.2, 0.25) is 0 Å². The molecule has 1 aliphatic rings. The minimum absolute atomic E-state index is 0.0118. The van der Waals surface area contributed by atoms with E-state index in [9.17, 15) is 9.59 Å². The van der Waals surface area contributed by atoms with Crippen LogP contribution in [0.25, 0.3) is 10.9 Å². The fourth-order valence-corrected chi connectivity index (χ4v) is 5.51. The first-order chi connectivity index (χ1) is 18.6. The van der Waals surface area contributed by atoms with Crippen LogP contribution in [0.4, 0.5) is 0 Å². The Morgan fingerprint density at radius 1 is 1.00 bits per heavy atom. The number of aromatic amines is 1. The van der Waals surface area contributed by atoms with Gasteiger partial charge in [0.25, 0.3) is 5.91 Å². The van der Waals surface area contributed by atoms with Crippen LogP contribution in [0.1, 0.15) is 70.1 Å². The van der Waals surface area contributed by atoms with Crippen LogP contribution in [0.2, 0.25) is 0 Å². The molecule has 2 atom stereocenters. The van der Waals surface area contributed by atoms with E-state index in [2.05, 4.69) is 23.1 Å². The maximum Gasteiger partial charge on any atom is 0.270 e. The Morgan fingerprint density at radius 2 is 1.82 bits per heavy atom. The van der Waals surface area contributed by atoms with Crippen LogP contribution < -0.4 is 5.32 Å². The molecule has 2 N–H and O–H groups in total. The highest BCUT2D eigenvalue weighted by Gasteiger charge is 2.30. The molecular formula is C33H33N3O2. The van der Waals surface area contributed by atoms with E-state index in [1.54, 1.807) is 24.3 Å². The molecule has 1 saturated carbocycles.